The molecule has 2 heterocycles. The van der Waals surface area contributed by atoms with Crippen LogP contribution in [-0.4, -0.2) is 66.0 Å². The molecule has 0 atom stereocenters. The van der Waals surface area contributed by atoms with E-state index in [1.807, 2.05) is 12.1 Å². The Hall–Kier alpha value is -2.19. The highest BCUT2D eigenvalue weighted by Crippen LogP contribution is 2.11. The molecule has 0 saturated carbocycles. The highest BCUT2D eigenvalue weighted by molar-refractivity contribution is 9.10. The van der Waals surface area contributed by atoms with Gasteiger partial charge in [0.15, 0.2) is 5.69 Å². The Morgan fingerprint density at radius 2 is 1.88 bits per heavy atom. The third kappa shape index (κ3) is 4.70. The molecule has 0 spiro atoms. The summed E-state index contributed by atoms with van der Waals surface area (Å²) in [4.78, 5) is 28.4. The number of rotatable bonds is 5. The van der Waals surface area contributed by atoms with Gasteiger partial charge in [0.2, 0.25) is 0 Å². The smallest absolute Gasteiger partial charge is 0.276 e. The molecule has 1 N–H and O–H groups in total. The molecule has 2 aromatic rings. The average Bonchev–Trinajstić information content (AvgIpc) is 3.08. The van der Waals surface area contributed by atoms with Crippen LogP contribution in [0.4, 0.5) is 0 Å². The fourth-order valence-corrected chi connectivity index (χ4v) is 3.10. The molecular weight excluding hydrogens is 400 g/mol. The Labute approximate surface area is 160 Å². The van der Waals surface area contributed by atoms with Crippen LogP contribution in [0.15, 0.2) is 39.3 Å². The molecule has 3 rings (SSSR count). The Balaban J connectivity index is 1.39. The van der Waals surface area contributed by atoms with Crippen LogP contribution in [0.1, 0.15) is 26.6 Å². The van der Waals surface area contributed by atoms with Gasteiger partial charge in [-0.15, -0.1) is 0 Å². The third-order valence-corrected chi connectivity index (χ3v) is 4.86. The number of hydrogen-bond acceptors (Lipinski definition) is 5. The zero-order valence-corrected chi connectivity index (χ0v) is 16.2. The van der Waals surface area contributed by atoms with Crippen molar-refractivity contribution in [1.82, 2.24) is 20.3 Å². The van der Waals surface area contributed by atoms with Crippen molar-refractivity contribution >= 4 is 27.7 Å². The second-order valence-corrected chi connectivity index (χ2v) is 7.14. The van der Waals surface area contributed by atoms with Gasteiger partial charge in [0.05, 0.1) is 0 Å². The van der Waals surface area contributed by atoms with Gasteiger partial charge >= 0.3 is 0 Å². The second-order valence-electron chi connectivity index (χ2n) is 6.22. The predicted octanol–water partition coefficient (Wildman–Crippen LogP) is 1.93. The number of nitrogens with zero attached hydrogens (tertiary/aromatic N) is 3. The summed E-state index contributed by atoms with van der Waals surface area (Å²) in [5, 5.41) is 6.71. The van der Waals surface area contributed by atoms with Crippen LogP contribution >= 0.6 is 15.9 Å². The monoisotopic (exact) mass is 420 g/mol. The summed E-state index contributed by atoms with van der Waals surface area (Å²) in [6.45, 7) is 5.94. The summed E-state index contributed by atoms with van der Waals surface area (Å²) in [5.74, 6) is 0.464. The van der Waals surface area contributed by atoms with Crippen molar-refractivity contribution in [3.05, 3.63) is 51.8 Å². The predicted molar refractivity (Wildman–Crippen MR) is 100 cm³/mol. The number of nitrogens with one attached hydrogen (secondary N) is 1. The van der Waals surface area contributed by atoms with E-state index in [2.05, 4.69) is 31.3 Å². The summed E-state index contributed by atoms with van der Waals surface area (Å²) in [7, 11) is 0. The molecule has 1 saturated heterocycles. The Kier molecular flexibility index (Phi) is 6.05. The first-order chi connectivity index (χ1) is 12.5. The number of benzene rings is 1. The van der Waals surface area contributed by atoms with Gasteiger partial charge < -0.3 is 14.7 Å². The van der Waals surface area contributed by atoms with Gasteiger partial charge in [-0.25, -0.2) is 0 Å². The third-order valence-electron chi connectivity index (χ3n) is 4.33. The molecule has 0 aliphatic carbocycles. The van der Waals surface area contributed by atoms with Crippen molar-refractivity contribution in [2.24, 2.45) is 0 Å². The molecular formula is C18H21BrN4O3. The van der Waals surface area contributed by atoms with Crippen LogP contribution in [-0.2, 0) is 0 Å². The number of hydrogen-bond donors (Lipinski definition) is 1. The fraction of sp³-hybridized carbons (Fsp3) is 0.389. The molecule has 1 aromatic heterocycles. The molecule has 1 aromatic carbocycles. The highest BCUT2D eigenvalue weighted by atomic mass is 79.9. The van der Waals surface area contributed by atoms with Crippen molar-refractivity contribution in [1.29, 1.82) is 0 Å². The highest BCUT2D eigenvalue weighted by Gasteiger charge is 2.24. The Morgan fingerprint density at radius 3 is 2.50 bits per heavy atom. The molecule has 138 valence electrons. The topological polar surface area (TPSA) is 78.7 Å². The van der Waals surface area contributed by atoms with Gasteiger partial charge in [-0.2, -0.15) is 0 Å². The van der Waals surface area contributed by atoms with Crippen molar-refractivity contribution in [2.45, 2.75) is 6.92 Å². The quantitative estimate of drug-likeness (QED) is 0.799. The van der Waals surface area contributed by atoms with Crippen molar-refractivity contribution in [2.75, 3.05) is 39.3 Å². The van der Waals surface area contributed by atoms with Crippen LogP contribution in [0.25, 0.3) is 0 Å². The maximum atomic E-state index is 12.3. The summed E-state index contributed by atoms with van der Waals surface area (Å²) >= 11 is 3.35. The van der Waals surface area contributed by atoms with E-state index in [-0.39, 0.29) is 11.8 Å². The van der Waals surface area contributed by atoms with Gasteiger partial charge in [0.25, 0.3) is 11.8 Å². The Bertz CT molecular complexity index is 767. The first-order valence-corrected chi connectivity index (χ1v) is 9.31. The molecule has 0 radical (unpaired) electrons. The first kappa shape index (κ1) is 18.6. The summed E-state index contributed by atoms with van der Waals surface area (Å²) in [6, 6.07) is 8.93. The molecule has 1 aliphatic heterocycles. The molecule has 1 aliphatic rings. The maximum Gasteiger partial charge on any atom is 0.276 e. The second kappa shape index (κ2) is 8.46. The minimum absolute atomic E-state index is 0.0762. The number of piperazine rings is 1. The lowest BCUT2D eigenvalue weighted by Crippen LogP contribution is -2.50. The molecule has 26 heavy (non-hydrogen) atoms. The van der Waals surface area contributed by atoms with E-state index < -0.39 is 0 Å². The summed E-state index contributed by atoms with van der Waals surface area (Å²) < 4.78 is 5.91. The number of aromatic nitrogens is 1. The SMILES string of the molecule is Cc1cc(C(=O)N2CCN(CCNC(=O)c3ccc(Br)cc3)CC2)no1. The van der Waals surface area contributed by atoms with Crippen molar-refractivity contribution in [3.8, 4) is 0 Å². The van der Waals surface area contributed by atoms with Gasteiger partial charge in [0.1, 0.15) is 5.76 Å². The average molecular weight is 421 g/mol. The lowest BCUT2D eigenvalue weighted by molar-refractivity contribution is 0.0628. The van der Waals surface area contributed by atoms with Gasteiger partial charge in [-0.3, -0.25) is 14.5 Å². The molecule has 1 fully saturated rings. The minimum atomic E-state index is -0.0926. The van der Waals surface area contributed by atoms with Crippen LogP contribution in [0, 0.1) is 6.92 Å². The van der Waals surface area contributed by atoms with E-state index in [0.29, 0.717) is 36.7 Å². The number of aryl methyl sites for hydroxylation is 1. The first-order valence-electron chi connectivity index (χ1n) is 8.51. The lowest BCUT2D eigenvalue weighted by Gasteiger charge is -2.34. The largest absolute Gasteiger partial charge is 0.361 e. The van der Waals surface area contributed by atoms with E-state index in [0.717, 1.165) is 24.1 Å². The summed E-state index contributed by atoms with van der Waals surface area (Å²) in [5.41, 5.74) is 1.00. The molecule has 2 amide bonds. The Morgan fingerprint density at radius 1 is 1.19 bits per heavy atom. The summed E-state index contributed by atoms with van der Waals surface area (Å²) in [6.07, 6.45) is 0. The van der Waals surface area contributed by atoms with Crippen LogP contribution < -0.4 is 5.32 Å². The van der Waals surface area contributed by atoms with Crippen LogP contribution in [0.3, 0.4) is 0 Å². The number of amides is 2. The maximum absolute atomic E-state index is 12.3. The van der Waals surface area contributed by atoms with E-state index >= 15 is 0 Å². The van der Waals surface area contributed by atoms with Crippen molar-refractivity contribution < 1.29 is 14.1 Å². The van der Waals surface area contributed by atoms with Crippen molar-refractivity contribution in [3.63, 3.8) is 0 Å². The van der Waals surface area contributed by atoms with Gasteiger partial charge in [0, 0.05) is 55.4 Å². The molecule has 7 nitrogen and oxygen atoms in total. The molecule has 8 heteroatoms. The number of halogens is 1. The van der Waals surface area contributed by atoms with E-state index in [1.54, 1.807) is 30.0 Å². The van der Waals surface area contributed by atoms with E-state index in [4.69, 9.17) is 4.52 Å². The minimum Gasteiger partial charge on any atom is -0.361 e. The zero-order valence-electron chi connectivity index (χ0n) is 14.6. The molecule has 0 unspecified atom stereocenters. The fourth-order valence-electron chi connectivity index (χ4n) is 2.83. The van der Waals surface area contributed by atoms with E-state index in [9.17, 15) is 9.59 Å². The molecule has 0 bridgehead atoms. The normalized spacial score (nSPS) is 15.1. The number of carbonyl (C=O) groups is 2. The van der Waals surface area contributed by atoms with Crippen LogP contribution in [0.5, 0.6) is 0 Å². The van der Waals surface area contributed by atoms with Gasteiger partial charge in [-0.05, 0) is 31.2 Å². The standard InChI is InChI=1S/C18H21BrN4O3/c1-13-12-16(21-26-13)18(25)23-10-8-22(9-11-23)7-6-20-17(24)14-2-4-15(19)5-3-14/h2-5,12H,6-11H2,1H3,(H,20,24). The zero-order chi connectivity index (χ0) is 18.5. The lowest BCUT2D eigenvalue weighted by atomic mass is 10.2. The number of carbonyl (C=O) groups excluding carboxylic acids is 2. The van der Waals surface area contributed by atoms with Crippen LogP contribution in [0.2, 0.25) is 0 Å². The van der Waals surface area contributed by atoms with E-state index in [1.165, 1.54) is 0 Å². The van der Waals surface area contributed by atoms with Gasteiger partial charge in [-0.1, -0.05) is 21.1 Å².